The zero-order chi connectivity index (χ0) is 16.2. The number of hydrogen-bond acceptors (Lipinski definition) is 7. The van der Waals surface area contributed by atoms with Crippen LogP contribution in [-0.4, -0.2) is 33.7 Å². The van der Waals surface area contributed by atoms with E-state index in [0.717, 1.165) is 21.4 Å². The van der Waals surface area contributed by atoms with Crippen molar-refractivity contribution in [2.45, 2.75) is 11.6 Å². The summed E-state index contributed by atoms with van der Waals surface area (Å²) in [6, 6.07) is 10.2. The van der Waals surface area contributed by atoms with E-state index in [1.165, 1.54) is 35.0 Å². The van der Waals surface area contributed by atoms with Crippen LogP contribution in [0.1, 0.15) is 5.56 Å². The van der Waals surface area contributed by atoms with Gasteiger partial charge >= 0.3 is 0 Å². The fraction of sp³-hybridized carbons (Fsp3) is 0.200. The second-order valence-corrected chi connectivity index (χ2v) is 6.87. The second kappa shape index (κ2) is 6.93. The molecule has 0 fully saturated rings. The van der Waals surface area contributed by atoms with E-state index in [-0.39, 0.29) is 11.7 Å². The average Bonchev–Trinajstić information content (AvgIpc) is 2.98. The van der Waals surface area contributed by atoms with Crippen LogP contribution in [0.3, 0.4) is 0 Å². The summed E-state index contributed by atoms with van der Waals surface area (Å²) >= 11 is 2.83. The molecule has 118 valence electrons. The molecule has 8 heteroatoms. The molecule has 23 heavy (non-hydrogen) atoms. The van der Waals surface area contributed by atoms with Crippen LogP contribution in [0.2, 0.25) is 0 Å². The summed E-state index contributed by atoms with van der Waals surface area (Å²) in [5.41, 5.74) is 7.06. The normalized spacial score (nSPS) is 10.8. The first kappa shape index (κ1) is 15.7. The number of fused-ring (bicyclic) bond motifs is 1. The van der Waals surface area contributed by atoms with E-state index in [4.69, 9.17) is 5.73 Å². The molecule has 0 unspecified atom stereocenters. The maximum Gasteiger partial charge on any atom is 0.227 e. The van der Waals surface area contributed by atoms with E-state index in [9.17, 15) is 4.79 Å². The van der Waals surface area contributed by atoms with Gasteiger partial charge in [0.2, 0.25) is 5.91 Å². The number of nitrogens with two attached hydrogens (primary N) is 1. The zero-order valence-electron chi connectivity index (χ0n) is 12.5. The minimum Gasteiger partial charge on any atom is -0.369 e. The van der Waals surface area contributed by atoms with Crippen LogP contribution < -0.4 is 10.6 Å². The lowest BCUT2D eigenvalue weighted by Crippen LogP contribution is -2.15. The van der Waals surface area contributed by atoms with Gasteiger partial charge < -0.3 is 10.6 Å². The first-order chi connectivity index (χ1) is 11.1. The largest absolute Gasteiger partial charge is 0.369 e. The molecule has 2 heterocycles. The molecule has 3 aromatic rings. The molecule has 0 aliphatic rings. The van der Waals surface area contributed by atoms with Gasteiger partial charge in [-0.2, -0.15) is 4.98 Å². The Labute approximate surface area is 141 Å². The molecule has 0 atom stereocenters. The molecular weight excluding hydrogens is 330 g/mol. The number of primary amides is 1. The summed E-state index contributed by atoms with van der Waals surface area (Å²) in [7, 11) is 1.99. The van der Waals surface area contributed by atoms with Gasteiger partial charge in [-0.25, -0.2) is 9.97 Å². The molecule has 0 aliphatic carbocycles. The molecule has 0 radical (unpaired) electrons. The van der Waals surface area contributed by atoms with Crippen LogP contribution in [0.15, 0.2) is 41.7 Å². The predicted molar refractivity (Wildman–Crippen MR) is 93.7 cm³/mol. The van der Waals surface area contributed by atoms with Crippen LogP contribution in [0, 0.1) is 0 Å². The lowest BCUT2D eigenvalue weighted by atomic mass is 10.2. The van der Waals surface area contributed by atoms with E-state index in [1.807, 2.05) is 25.2 Å². The number of nitrogens with zero attached hydrogens (tertiary/aromatic N) is 4. The number of hydrogen-bond donors (Lipinski definition) is 1. The fourth-order valence-corrected chi connectivity index (χ4v) is 3.84. The molecule has 6 nitrogen and oxygen atoms in total. The summed E-state index contributed by atoms with van der Waals surface area (Å²) < 4.78 is 0.883. The Hall–Kier alpha value is -2.19. The van der Waals surface area contributed by atoms with E-state index < -0.39 is 0 Å². The Morgan fingerprint density at radius 1 is 1.30 bits per heavy atom. The molecule has 0 aliphatic heterocycles. The summed E-state index contributed by atoms with van der Waals surface area (Å²) in [6.45, 7) is 0.762. The van der Waals surface area contributed by atoms with Crippen molar-refractivity contribution in [1.82, 2.24) is 15.0 Å². The van der Waals surface area contributed by atoms with Gasteiger partial charge in [-0.3, -0.25) is 4.79 Å². The summed E-state index contributed by atoms with van der Waals surface area (Å²) in [6.07, 6.45) is 1.46. The number of aromatic nitrogens is 3. The molecule has 1 aromatic carbocycles. The summed E-state index contributed by atoms with van der Waals surface area (Å²) in [5, 5.41) is 1.61. The van der Waals surface area contributed by atoms with E-state index >= 15 is 0 Å². The molecule has 2 N–H and O–H groups in total. The van der Waals surface area contributed by atoms with Crippen LogP contribution >= 0.6 is 23.1 Å². The summed E-state index contributed by atoms with van der Waals surface area (Å²) in [5.74, 6) is -0.174. The highest BCUT2D eigenvalue weighted by atomic mass is 32.2. The lowest BCUT2D eigenvalue weighted by Gasteiger charge is -2.15. The SMILES string of the molecule is CN(Cc1ccccc1)c1nc2ncnc(SCC(N)=O)c2s1. The van der Waals surface area contributed by atoms with Crippen molar-refractivity contribution in [3.05, 3.63) is 42.2 Å². The van der Waals surface area contributed by atoms with Crippen LogP contribution in [-0.2, 0) is 11.3 Å². The summed E-state index contributed by atoms with van der Waals surface area (Å²) in [4.78, 5) is 26.0. The van der Waals surface area contributed by atoms with Crippen molar-refractivity contribution in [3.63, 3.8) is 0 Å². The topological polar surface area (TPSA) is 85.0 Å². The van der Waals surface area contributed by atoms with Gasteiger partial charge in [0.15, 0.2) is 10.8 Å². The van der Waals surface area contributed by atoms with Gasteiger partial charge in [-0.15, -0.1) is 0 Å². The molecule has 1 amide bonds. The number of rotatable bonds is 6. The monoisotopic (exact) mass is 345 g/mol. The van der Waals surface area contributed by atoms with Crippen LogP contribution in [0.25, 0.3) is 10.3 Å². The van der Waals surface area contributed by atoms with Crippen molar-refractivity contribution >= 4 is 44.5 Å². The molecule has 0 saturated carbocycles. The second-order valence-electron chi connectivity index (χ2n) is 4.92. The van der Waals surface area contributed by atoms with E-state index in [1.54, 1.807) is 0 Å². The van der Waals surface area contributed by atoms with Crippen molar-refractivity contribution in [2.24, 2.45) is 5.73 Å². The van der Waals surface area contributed by atoms with Gasteiger partial charge in [0.05, 0.1) is 5.75 Å². The first-order valence-corrected chi connectivity index (χ1v) is 8.71. The maximum atomic E-state index is 11.0. The number of thiazole rings is 1. The molecular formula is C15H15N5OS2. The molecule has 0 spiro atoms. The Bertz CT molecular complexity index is 821. The van der Waals surface area contributed by atoms with Crippen molar-refractivity contribution < 1.29 is 4.79 Å². The minimum absolute atomic E-state index is 0.194. The number of carbonyl (C=O) groups is 1. The first-order valence-electron chi connectivity index (χ1n) is 6.91. The Kier molecular flexibility index (Phi) is 4.73. The van der Waals surface area contributed by atoms with Crippen molar-refractivity contribution in [1.29, 1.82) is 0 Å². The number of anilines is 1. The van der Waals surface area contributed by atoms with Gasteiger partial charge in [0.1, 0.15) is 16.1 Å². The minimum atomic E-state index is -0.368. The molecule has 3 rings (SSSR count). The van der Waals surface area contributed by atoms with Gasteiger partial charge in [-0.05, 0) is 5.56 Å². The number of benzene rings is 1. The van der Waals surface area contributed by atoms with Crippen molar-refractivity contribution in [2.75, 3.05) is 17.7 Å². The van der Waals surface area contributed by atoms with Gasteiger partial charge in [-0.1, -0.05) is 53.4 Å². The number of thioether (sulfide) groups is 1. The standard InChI is InChI=1S/C15H15N5OS2/c1-20(7-10-5-3-2-4-6-10)15-19-13-12(23-15)14(18-9-17-13)22-8-11(16)21/h2-6,9H,7-8H2,1H3,(H2,16,21). The lowest BCUT2D eigenvalue weighted by molar-refractivity contribution is -0.115. The van der Waals surface area contributed by atoms with Crippen LogP contribution in [0.5, 0.6) is 0 Å². The maximum absolute atomic E-state index is 11.0. The van der Waals surface area contributed by atoms with Gasteiger partial charge in [0, 0.05) is 13.6 Å². The van der Waals surface area contributed by atoms with Crippen molar-refractivity contribution in [3.8, 4) is 0 Å². The van der Waals surface area contributed by atoms with Gasteiger partial charge in [0.25, 0.3) is 0 Å². The fourth-order valence-electron chi connectivity index (χ4n) is 2.05. The quantitative estimate of drug-likeness (QED) is 0.545. The predicted octanol–water partition coefficient (Wildman–Crippen LogP) is 2.30. The van der Waals surface area contributed by atoms with Crippen LogP contribution in [0.4, 0.5) is 5.13 Å². The van der Waals surface area contributed by atoms with E-state index in [0.29, 0.717) is 5.65 Å². The third-order valence-corrected chi connectivity index (χ3v) is 5.39. The number of amides is 1. The third-order valence-electron chi connectivity index (χ3n) is 3.09. The smallest absolute Gasteiger partial charge is 0.227 e. The molecule has 0 saturated heterocycles. The zero-order valence-corrected chi connectivity index (χ0v) is 14.1. The Balaban J connectivity index is 1.84. The highest BCUT2D eigenvalue weighted by Crippen LogP contribution is 2.33. The average molecular weight is 345 g/mol. The highest BCUT2D eigenvalue weighted by Gasteiger charge is 2.14. The molecule has 2 aromatic heterocycles. The van der Waals surface area contributed by atoms with E-state index in [2.05, 4.69) is 32.0 Å². The highest BCUT2D eigenvalue weighted by molar-refractivity contribution is 8.00. The Morgan fingerprint density at radius 3 is 2.83 bits per heavy atom. The number of carbonyl (C=O) groups excluding carboxylic acids is 1. The Morgan fingerprint density at radius 2 is 2.09 bits per heavy atom. The molecule has 0 bridgehead atoms. The third kappa shape index (κ3) is 3.77.